The van der Waals surface area contributed by atoms with E-state index in [1.807, 2.05) is 0 Å². The lowest BCUT2D eigenvalue weighted by atomic mass is 10.2. The van der Waals surface area contributed by atoms with E-state index < -0.39 is 5.97 Å². The van der Waals surface area contributed by atoms with Gasteiger partial charge in [-0.1, -0.05) is 5.92 Å². The third kappa shape index (κ3) is 3.20. The summed E-state index contributed by atoms with van der Waals surface area (Å²) in [7, 11) is 0. The van der Waals surface area contributed by atoms with E-state index in [0.29, 0.717) is 12.3 Å². The van der Waals surface area contributed by atoms with Gasteiger partial charge in [-0.15, -0.1) is 0 Å². The highest BCUT2D eigenvalue weighted by Gasteiger charge is 1.92. The molecular weight excluding hydrogens is 178 g/mol. The Hall–Kier alpha value is -1.95. The molecule has 0 aliphatic heterocycles. The van der Waals surface area contributed by atoms with Gasteiger partial charge in [-0.05, 0) is 31.2 Å². The van der Waals surface area contributed by atoms with Gasteiger partial charge in [-0.3, -0.25) is 0 Å². The second-order valence-corrected chi connectivity index (χ2v) is 2.59. The monoisotopic (exact) mass is 189 g/mol. The summed E-state index contributed by atoms with van der Waals surface area (Å²) in [6.45, 7) is 2.08. The van der Waals surface area contributed by atoms with Crippen molar-refractivity contribution in [1.82, 2.24) is 0 Å². The van der Waals surface area contributed by atoms with Gasteiger partial charge < -0.3 is 10.5 Å². The fourth-order valence-corrected chi connectivity index (χ4v) is 0.857. The van der Waals surface area contributed by atoms with Crippen LogP contribution < -0.4 is 5.73 Å². The molecule has 0 aliphatic carbocycles. The van der Waals surface area contributed by atoms with Crippen molar-refractivity contribution in [2.45, 2.75) is 6.92 Å². The number of rotatable bonds is 1. The molecule has 1 aromatic carbocycles. The van der Waals surface area contributed by atoms with E-state index in [9.17, 15) is 4.79 Å². The molecule has 0 fully saturated rings. The highest BCUT2D eigenvalue weighted by atomic mass is 16.5. The molecule has 72 valence electrons. The second-order valence-electron chi connectivity index (χ2n) is 2.59. The molecule has 0 radical (unpaired) electrons. The van der Waals surface area contributed by atoms with Gasteiger partial charge in [-0.2, -0.15) is 0 Å². The molecule has 1 rings (SSSR count). The summed E-state index contributed by atoms with van der Waals surface area (Å²) < 4.78 is 4.65. The van der Waals surface area contributed by atoms with E-state index in [2.05, 4.69) is 16.6 Å². The van der Waals surface area contributed by atoms with Gasteiger partial charge in [0.1, 0.15) is 0 Å². The van der Waals surface area contributed by atoms with Gasteiger partial charge in [0.15, 0.2) is 0 Å². The van der Waals surface area contributed by atoms with Crippen LogP contribution in [0.5, 0.6) is 0 Å². The zero-order valence-electron chi connectivity index (χ0n) is 7.91. The van der Waals surface area contributed by atoms with Crippen LogP contribution in [0.15, 0.2) is 24.3 Å². The summed E-state index contributed by atoms with van der Waals surface area (Å²) in [5.74, 6) is 4.53. The maximum atomic E-state index is 10.9. The van der Waals surface area contributed by atoms with Crippen LogP contribution in [0.2, 0.25) is 0 Å². The standard InChI is InChI=1S/C11H11NO2/c1-2-14-11(13)8-5-9-3-6-10(12)7-4-9/h3-4,6-7H,2,12H2,1H3. The minimum Gasteiger partial charge on any atom is -0.456 e. The lowest BCUT2D eigenvalue weighted by Crippen LogP contribution is -1.99. The average Bonchev–Trinajstić information content (AvgIpc) is 2.17. The van der Waals surface area contributed by atoms with Gasteiger partial charge in [0, 0.05) is 17.2 Å². The van der Waals surface area contributed by atoms with Gasteiger partial charge in [0.25, 0.3) is 0 Å². The van der Waals surface area contributed by atoms with E-state index in [1.54, 1.807) is 31.2 Å². The first-order chi connectivity index (χ1) is 6.72. The number of nitrogens with two attached hydrogens (primary N) is 1. The van der Waals surface area contributed by atoms with E-state index in [0.717, 1.165) is 5.56 Å². The first-order valence-electron chi connectivity index (χ1n) is 4.26. The Morgan fingerprint density at radius 1 is 1.43 bits per heavy atom. The molecule has 0 saturated carbocycles. The number of benzene rings is 1. The summed E-state index contributed by atoms with van der Waals surface area (Å²) in [6, 6.07) is 6.97. The molecular formula is C11H11NO2. The predicted molar refractivity (Wildman–Crippen MR) is 54.4 cm³/mol. The van der Waals surface area contributed by atoms with Crippen LogP contribution in [0.25, 0.3) is 0 Å². The van der Waals surface area contributed by atoms with E-state index in [4.69, 9.17) is 5.73 Å². The van der Waals surface area contributed by atoms with Gasteiger partial charge >= 0.3 is 5.97 Å². The Labute approximate surface area is 82.9 Å². The fraction of sp³-hybridized carbons (Fsp3) is 0.182. The van der Waals surface area contributed by atoms with Gasteiger partial charge in [0.05, 0.1) is 6.61 Å². The van der Waals surface area contributed by atoms with Crippen molar-refractivity contribution < 1.29 is 9.53 Å². The Kier molecular flexibility index (Phi) is 3.57. The van der Waals surface area contributed by atoms with E-state index >= 15 is 0 Å². The zero-order valence-corrected chi connectivity index (χ0v) is 7.91. The quantitative estimate of drug-likeness (QED) is 0.410. The summed E-state index contributed by atoms with van der Waals surface area (Å²) in [6.07, 6.45) is 0. The van der Waals surface area contributed by atoms with Crippen molar-refractivity contribution in [2.24, 2.45) is 0 Å². The highest BCUT2D eigenvalue weighted by molar-refractivity contribution is 5.89. The van der Waals surface area contributed by atoms with Crippen molar-refractivity contribution in [3.63, 3.8) is 0 Å². The Bertz CT molecular complexity index is 371. The number of carbonyl (C=O) groups excluding carboxylic acids is 1. The highest BCUT2D eigenvalue weighted by Crippen LogP contribution is 2.03. The zero-order chi connectivity index (χ0) is 10.4. The van der Waals surface area contributed by atoms with Gasteiger partial charge in [0.2, 0.25) is 0 Å². The van der Waals surface area contributed by atoms with Crippen LogP contribution in [0.1, 0.15) is 12.5 Å². The normalized spacial score (nSPS) is 8.64. The van der Waals surface area contributed by atoms with Crippen LogP contribution in [-0.2, 0) is 9.53 Å². The van der Waals surface area contributed by atoms with Crippen LogP contribution >= 0.6 is 0 Å². The molecule has 0 aromatic heterocycles. The van der Waals surface area contributed by atoms with Gasteiger partial charge in [-0.25, -0.2) is 4.79 Å². The molecule has 0 saturated heterocycles. The summed E-state index contributed by atoms with van der Waals surface area (Å²) in [5, 5.41) is 0. The molecule has 0 spiro atoms. The molecule has 2 N–H and O–H groups in total. The number of hydrogen-bond acceptors (Lipinski definition) is 3. The lowest BCUT2D eigenvalue weighted by molar-refractivity contribution is -0.136. The predicted octanol–water partition coefficient (Wildman–Crippen LogP) is 1.18. The van der Waals surface area contributed by atoms with Crippen molar-refractivity contribution in [3.8, 4) is 11.8 Å². The SMILES string of the molecule is CCOC(=O)C#Cc1ccc(N)cc1. The molecule has 0 amide bonds. The van der Waals surface area contributed by atoms with E-state index in [-0.39, 0.29) is 0 Å². The summed E-state index contributed by atoms with van der Waals surface area (Å²) in [4.78, 5) is 10.9. The molecule has 0 aliphatic rings. The Morgan fingerprint density at radius 2 is 2.07 bits per heavy atom. The third-order valence-corrected chi connectivity index (χ3v) is 1.50. The number of anilines is 1. The summed E-state index contributed by atoms with van der Waals surface area (Å²) >= 11 is 0. The largest absolute Gasteiger partial charge is 0.456 e. The average molecular weight is 189 g/mol. The van der Waals surface area contributed by atoms with Crippen LogP contribution in [-0.4, -0.2) is 12.6 Å². The molecule has 0 bridgehead atoms. The molecule has 1 aromatic rings. The molecule has 3 nitrogen and oxygen atoms in total. The second kappa shape index (κ2) is 4.93. The van der Waals surface area contributed by atoms with Crippen LogP contribution in [0.4, 0.5) is 5.69 Å². The minimum atomic E-state index is -0.510. The lowest BCUT2D eigenvalue weighted by Gasteiger charge is -1.92. The Morgan fingerprint density at radius 3 is 2.64 bits per heavy atom. The number of carbonyl (C=O) groups is 1. The topological polar surface area (TPSA) is 52.3 Å². The number of ether oxygens (including phenoxy) is 1. The van der Waals surface area contributed by atoms with Crippen molar-refractivity contribution >= 4 is 11.7 Å². The van der Waals surface area contributed by atoms with Crippen molar-refractivity contribution in [2.75, 3.05) is 12.3 Å². The summed E-state index contributed by atoms with van der Waals surface area (Å²) in [5.41, 5.74) is 6.91. The first-order valence-corrected chi connectivity index (χ1v) is 4.26. The van der Waals surface area contributed by atoms with Crippen molar-refractivity contribution in [1.29, 1.82) is 0 Å². The van der Waals surface area contributed by atoms with Crippen LogP contribution in [0, 0.1) is 11.8 Å². The van der Waals surface area contributed by atoms with E-state index in [1.165, 1.54) is 0 Å². The molecule has 0 atom stereocenters. The maximum Gasteiger partial charge on any atom is 0.384 e. The fourth-order valence-electron chi connectivity index (χ4n) is 0.857. The Balaban J connectivity index is 2.68. The van der Waals surface area contributed by atoms with Crippen molar-refractivity contribution in [3.05, 3.63) is 29.8 Å². The molecule has 0 heterocycles. The molecule has 0 unspecified atom stereocenters. The minimum absolute atomic E-state index is 0.343. The number of esters is 1. The first kappa shape index (κ1) is 10.1. The number of hydrogen-bond donors (Lipinski definition) is 1. The third-order valence-electron chi connectivity index (χ3n) is 1.50. The van der Waals surface area contributed by atoms with Crippen LogP contribution in [0.3, 0.4) is 0 Å². The molecule has 3 heteroatoms. The number of nitrogen functional groups attached to an aromatic ring is 1. The molecule has 14 heavy (non-hydrogen) atoms. The smallest absolute Gasteiger partial charge is 0.384 e. The maximum absolute atomic E-state index is 10.9.